The lowest BCUT2D eigenvalue weighted by Gasteiger charge is -2.07. The lowest BCUT2D eigenvalue weighted by atomic mass is 10.2. The molecule has 1 aromatic heterocycles. The normalized spacial score (nSPS) is 12.8. The summed E-state index contributed by atoms with van der Waals surface area (Å²) < 4.78 is 76.6. The van der Waals surface area contributed by atoms with Crippen LogP contribution in [0.1, 0.15) is 11.3 Å². The fourth-order valence-corrected chi connectivity index (χ4v) is 3.14. The zero-order valence-electron chi connectivity index (χ0n) is 13.7. The van der Waals surface area contributed by atoms with Crippen LogP contribution in [0.2, 0.25) is 0 Å². The zero-order chi connectivity index (χ0) is 20.4. The smallest absolute Gasteiger partial charge is 0.382 e. The third-order valence-electron chi connectivity index (χ3n) is 3.34. The molecule has 1 heterocycles. The molecule has 0 amide bonds. The van der Waals surface area contributed by atoms with Gasteiger partial charge in [-0.1, -0.05) is 0 Å². The number of nitrogens with one attached hydrogen (secondary N) is 1. The van der Waals surface area contributed by atoms with Crippen molar-refractivity contribution in [2.24, 2.45) is 17.8 Å². The molecule has 0 fully saturated rings. The van der Waals surface area contributed by atoms with Gasteiger partial charge in [0.1, 0.15) is 29.2 Å². The molecule has 0 spiro atoms. The Bertz CT molecular complexity index is 1040. The van der Waals surface area contributed by atoms with Crippen molar-refractivity contribution >= 4 is 21.5 Å². The largest absolute Gasteiger partial charge is 0.402 e. The minimum absolute atomic E-state index is 0.102. The van der Waals surface area contributed by atoms with Crippen molar-refractivity contribution in [2.75, 3.05) is 6.54 Å². The number of aromatic nitrogens is 1. The van der Waals surface area contributed by atoms with E-state index in [1.165, 1.54) is 22.4 Å². The number of rotatable bonds is 5. The van der Waals surface area contributed by atoms with Gasteiger partial charge in [-0.2, -0.15) is 18.4 Å². The summed E-state index contributed by atoms with van der Waals surface area (Å²) in [4.78, 5) is 3.55. The van der Waals surface area contributed by atoms with Gasteiger partial charge in [-0.15, -0.1) is 0 Å². The SMILES string of the molecule is Cn1cc(S(=O)(=O)NCC(F)(F)F)cc1C(N)=Nc1ccc(F)c(C#N)c1. The predicted octanol–water partition coefficient (Wildman–Crippen LogP) is 1.91. The Morgan fingerprint density at radius 3 is 2.63 bits per heavy atom. The van der Waals surface area contributed by atoms with Crippen LogP contribution in [0, 0.1) is 17.1 Å². The first-order valence-corrected chi connectivity index (χ1v) is 8.68. The number of aliphatic imine (C=N–C) groups is 1. The van der Waals surface area contributed by atoms with Gasteiger partial charge in [0, 0.05) is 13.2 Å². The number of nitrogens with two attached hydrogens (primary N) is 1. The van der Waals surface area contributed by atoms with Crippen molar-refractivity contribution in [1.29, 1.82) is 5.26 Å². The molecular weight excluding hydrogens is 390 g/mol. The first-order chi connectivity index (χ1) is 12.4. The van der Waals surface area contributed by atoms with E-state index in [4.69, 9.17) is 11.0 Å². The highest BCUT2D eigenvalue weighted by Gasteiger charge is 2.30. The first kappa shape index (κ1) is 20.4. The Kier molecular flexibility index (Phi) is 5.57. The van der Waals surface area contributed by atoms with Crippen molar-refractivity contribution in [3.63, 3.8) is 0 Å². The molecule has 1 aromatic carbocycles. The van der Waals surface area contributed by atoms with Gasteiger partial charge in [-0.25, -0.2) is 22.5 Å². The van der Waals surface area contributed by atoms with Gasteiger partial charge in [-0.05, 0) is 24.3 Å². The van der Waals surface area contributed by atoms with Crippen LogP contribution in [0.4, 0.5) is 23.2 Å². The molecule has 27 heavy (non-hydrogen) atoms. The number of halogens is 4. The van der Waals surface area contributed by atoms with E-state index in [2.05, 4.69) is 4.99 Å². The molecule has 2 aromatic rings. The van der Waals surface area contributed by atoms with E-state index in [-0.39, 0.29) is 22.8 Å². The lowest BCUT2D eigenvalue weighted by molar-refractivity contribution is -0.121. The summed E-state index contributed by atoms with van der Waals surface area (Å²) in [7, 11) is -2.99. The van der Waals surface area contributed by atoms with Gasteiger partial charge < -0.3 is 10.3 Å². The molecule has 0 atom stereocenters. The van der Waals surface area contributed by atoms with Crippen LogP contribution in [-0.4, -0.2) is 31.5 Å². The molecule has 12 heteroatoms. The van der Waals surface area contributed by atoms with Crippen molar-refractivity contribution in [3.8, 4) is 6.07 Å². The van der Waals surface area contributed by atoms with Gasteiger partial charge in [-0.3, -0.25) is 0 Å². The van der Waals surface area contributed by atoms with Gasteiger partial charge >= 0.3 is 6.18 Å². The van der Waals surface area contributed by atoms with Crippen LogP contribution in [0.3, 0.4) is 0 Å². The van der Waals surface area contributed by atoms with Crippen LogP contribution < -0.4 is 10.5 Å². The first-order valence-electron chi connectivity index (χ1n) is 7.20. The van der Waals surface area contributed by atoms with E-state index in [0.29, 0.717) is 0 Å². The standard InChI is InChI=1S/C15H13F4N5O2S/c1-24-7-11(27(25,26)22-8-15(17,18)19)5-13(24)14(21)23-10-2-3-12(16)9(4-10)6-20/h2-5,7,22H,8H2,1H3,(H2,21,23). The molecule has 0 aliphatic rings. The quantitative estimate of drug-likeness (QED) is 0.451. The Labute approximate surface area is 151 Å². The molecule has 0 saturated carbocycles. The number of benzene rings is 1. The minimum atomic E-state index is -4.70. The van der Waals surface area contributed by atoms with Crippen molar-refractivity contribution in [3.05, 3.63) is 47.5 Å². The molecule has 0 radical (unpaired) electrons. The number of nitrogens with zero attached hydrogens (tertiary/aromatic N) is 3. The summed E-state index contributed by atoms with van der Waals surface area (Å²) in [6, 6.07) is 6.11. The van der Waals surface area contributed by atoms with Gasteiger partial charge in [0.2, 0.25) is 10.0 Å². The highest BCUT2D eigenvalue weighted by atomic mass is 32.2. The maximum atomic E-state index is 13.3. The molecule has 0 unspecified atom stereocenters. The van der Waals surface area contributed by atoms with E-state index < -0.39 is 33.5 Å². The summed E-state index contributed by atoms with van der Waals surface area (Å²) in [5.74, 6) is -0.914. The summed E-state index contributed by atoms with van der Waals surface area (Å²) in [6.07, 6.45) is -3.63. The Morgan fingerprint density at radius 2 is 2.04 bits per heavy atom. The maximum Gasteiger partial charge on any atom is 0.402 e. The van der Waals surface area contributed by atoms with Crippen LogP contribution >= 0.6 is 0 Å². The van der Waals surface area contributed by atoms with Crippen molar-refractivity contribution < 1.29 is 26.0 Å². The number of sulfonamides is 1. The van der Waals surface area contributed by atoms with Crippen molar-refractivity contribution in [1.82, 2.24) is 9.29 Å². The Morgan fingerprint density at radius 1 is 1.37 bits per heavy atom. The van der Waals surface area contributed by atoms with E-state index in [1.807, 2.05) is 0 Å². The van der Waals surface area contributed by atoms with Gasteiger partial charge in [0.05, 0.1) is 16.9 Å². The lowest BCUT2D eigenvalue weighted by Crippen LogP contribution is -2.33. The minimum Gasteiger partial charge on any atom is -0.382 e. The molecule has 0 aliphatic carbocycles. The molecule has 0 aliphatic heterocycles. The third kappa shape index (κ3) is 5.05. The number of hydrogen-bond donors (Lipinski definition) is 2. The fraction of sp³-hybridized carbons (Fsp3) is 0.200. The predicted molar refractivity (Wildman–Crippen MR) is 88.2 cm³/mol. The van der Waals surface area contributed by atoms with E-state index >= 15 is 0 Å². The Hall–Kier alpha value is -2.91. The van der Waals surface area contributed by atoms with E-state index in [0.717, 1.165) is 24.4 Å². The van der Waals surface area contributed by atoms with Gasteiger partial charge in [0.25, 0.3) is 0 Å². The monoisotopic (exact) mass is 403 g/mol. The second-order valence-corrected chi connectivity index (χ2v) is 7.15. The second kappa shape index (κ2) is 7.37. The molecule has 0 saturated heterocycles. The number of aryl methyl sites for hydroxylation is 1. The molecule has 3 N–H and O–H groups in total. The average molecular weight is 403 g/mol. The fourth-order valence-electron chi connectivity index (χ4n) is 2.06. The van der Waals surface area contributed by atoms with Crippen LogP contribution in [-0.2, 0) is 17.1 Å². The zero-order valence-corrected chi connectivity index (χ0v) is 14.6. The second-order valence-electron chi connectivity index (χ2n) is 5.38. The van der Waals surface area contributed by atoms with Crippen LogP contribution in [0.15, 0.2) is 40.4 Å². The highest BCUT2D eigenvalue weighted by Crippen LogP contribution is 2.20. The maximum absolute atomic E-state index is 13.3. The highest BCUT2D eigenvalue weighted by molar-refractivity contribution is 7.89. The molecule has 7 nitrogen and oxygen atoms in total. The number of nitriles is 1. The summed E-state index contributed by atoms with van der Waals surface area (Å²) in [6.45, 7) is -1.71. The topological polar surface area (TPSA) is 113 Å². The van der Waals surface area contributed by atoms with Gasteiger partial charge in [0.15, 0.2) is 0 Å². The molecular formula is C15H13F4N5O2S. The number of hydrogen-bond acceptors (Lipinski definition) is 4. The summed E-state index contributed by atoms with van der Waals surface area (Å²) in [5, 5.41) is 8.81. The number of alkyl halides is 3. The average Bonchev–Trinajstić information content (AvgIpc) is 2.97. The number of amidine groups is 1. The van der Waals surface area contributed by atoms with E-state index in [1.54, 1.807) is 6.07 Å². The van der Waals surface area contributed by atoms with Crippen LogP contribution in [0.25, 0.3) is 0 Å². The molecule has 2 rings (SSSR count). The molecule has 144 valence electrons. The van der Waals surface area contributed by atoms with Crippen LogP contribution in [0.5, 0.6) is 0 Å². The Balaban J connectivity index is 2.34. The molecule has 0 bridgehead atoms. The van der Waals surface area contributed by atoms with E-state index in [9.17, 15) is 26.0 Å². The van der Waals surface area contributed by atoms with Crippen molar-refractivity contribution in [2.45, 2.75) is 11.1 Å². The summed E-state index contributed by atoms with van der Waals surface area (Å²) in [5.41, 5.74) is 5.81. The third-order valence-corrected chi connectivity index (χ3v) is 4.70. The summed E-state index contributed by atoms with van der Waals surface area (Å²) >= 11 is 0.